The van der Waals surface area contributed by atoms with E-state index in [0.29, 0.717) is 0 Å². The molecular formula is C18H19NOS. The van der Waals surface area contributed by atoms with Crippen LogP contribution in [0.1, 0.15) is 23.5 Å². The maximum Gasteiger partial charge on any atom is 0.129 e. The molecule has 2 aromatic carbocycles. The fraction of sp³-hybridized carbons (Fsp3) is 0.222. The molecule has 0 N–H and O–H groups in total. The van der Waals surface area contributed by atoms with Crippen LogP contribution < -0.4 is 0 Å². The van der Waals surface area contributed by atoms with E-state index in [1.807, 2.05) is 55.6 Å². The van der Waals surface area contributed by atoms with E-state index in [2.05, 4.69) is 23.0 Å². The smallest absolute Gasteiger partial charge is 0.129 e. The average Bonchev–Trinajstić information content (AvgIpc) is 2.55. The SMILES string of the molecule is COC(SC)c1ccccc1N=C=C(C)c1ccccc1. The molecule has 108 valence electrons. The molecule has 0 amide bonds. The first-order valence-corrected chi connectivity index (χ1v) is 8.05. The fourth-order valence-electron chi connectivity index (χ4n) is 2.04. The van der Waals surface area contributed by atoms with E-state index in [1.165, 1.54) is 0 Å². The quantitative estimate of drug-likeness (QED) is 0.565. The minimum atomic E-state index is -0.0104. The summed E-state index contributed by atoms with van der Waals surface area (Å²) in [5, 5.41) is 0. The molecule has 0 saturated heterocycles. The predicted octanol–water partition coefficient (Wildman–Crippen LogP) is 5.10. The molecule has 0 radical (unpaired) electrons. The summed E-state index contributed by atoms with van der Waals surface area (Å²) in [5.41, 5.74) is 4.11. The monoisotopic (exact) mass is 297 g/mol. The number of hydrogen-bond acceptors (Lipinski definition) is 3. The zero-order valence-corrected chi connectivity index (χ0v) is 13.4. The van der Waals surface area contributed by atoms with E-state index in [9.17, 15) is 0 Å². The van der Waals surface area contributed by atoms with Crippen molar-refractivity contribution in [2.45, 2.75) is 12.4 Å². The number of thioether (sulfide) groups is 1. The number of aliphatic imine (C=N–C) groups is 1. The normalized spacial score (nSPS) is 11.6. The summed E-state index contributed by atoms with van der Waals surface area (Å²) in [4.78, 5) is 4.52. The molecule has 0 aliphatic carbocycles. The van der Waals surface area contributed by atoms with Crippen molar-refractivity contribution in [1.29, 1.82) is 0 Å². The fourth-order valence-corrected chi connectivity index (χ4v) is 2.68. The van der Waals surface area contributed by atoms with Crippen LogP contribution in [-0.4, -0.2) is 19.2 Å². The Bertz CT molecular complexity index is 641. The number of methoxy groups -OCH3 is 1. The van der Waals surface area contributed by atoms with Crippen LogP contribution in [0, 0.1) is 0 Å². The van der Waals surface area contributed by atoms with Crippen molar-refractivity contribution in [3.8, 4) is 0 Å². The maximum atomic E-state index is 5.49. The van der Waals surface area contributed by atoms with Crippen LogP contribution in [0.15, 0.2) is 59.6 Å². The molecule has 2 aromatic rings. The largest absolute Gasteiger partial charge is 0.366 e. The van der Waals surface area contributed by atoms with Crippen LogP contribution in [0.4, 0.5) is 5.69 Å². The van der Waals surface area contributed by atoms with Gasteiger partial charge in [0.1, 0.15) is 5.44 Å². The summed E-state index contributed by atoms with van der Waals surface area (Å²) in [5.74, 6) is 3.14. The van der Waals surface area contributed by atoms with Crippen LogP contribution in [-0.2, 0) is 4.74 Å². The lowest BCUT2D eigenvalue weighted by Crippen LogP contribution is -1.96. The summed E-state index contributed by atoms with van der Waals surface area (Å²) in [6, 6.07) is 18.2. The molecule has 1 unspecified atom stereocenters. The summed E-state index contributed by atoms with van der Waals surface area (Å²) >= 11 is 1.65. The van der Waals surface area contributed by atoms with Crippen molar-refractivity contribution in [2.75, 3.05) is 13.4 Å². The maximum absolute atomic E-state index is 5.49. The van der Waals surface area contributed by atoms with Crippen LogP contribution in [0.2, 0.25) is 0 Å². The van der Waals surface area contributed by atoms with Crippen molar-refractivity contribution in [3.63, 3.8) is 0 Å². The van der Waals surface area contributed by atoms with Gasteiger partial charge in [-0.25, -0.2) is 4.99 Å². The molecule has 0 heterocycles. The van der Waals surface area contributed by atoms with Gasteiger partial charge in [0.25, 0.3) is 0 Å². The molecule has 2 rings (SSSR count). The predicted molar refractivity (Wildman–Crippen MR) is 92.3 cm³/mol. The van der Waals surface area contributed by atoms with Gasteiger partial charge < -0.3 is 4.74 Å². The first-order chi connectivity index (χ1) is 10.3. The van der Waals surface area contributed by atoms with Crippen LogP contribution in [0.3, 0.4) is 0 Å². The van der Waals surface area contributed by atoms with E-state index in [-0.39, 0.29) is 5.44 Å². The van der Waals surface area contributed by atoms with Crippen molar-refractivity contribution >= 4 is 28.9 Å². The Morgan fingerprint density at radius 2 is 1.76 bits per heavy atom. The Balaban J connectivity index is 2.37. The molecule has 0 aliphatic heterocycles. The zero-order chi connectivity index (χ0) is 15.1. The summed E-state index contributed by atoms with van der Waals surface area (Å²) in [6.45, 7) is 2.02. The Kier molecular flexibility index (Phi) is 5.82. The molecule has 1 atom stereocenters. The number of para-hydroxylation sites is 1. The summed E-state index contributed by atoms with van der Waals surface area (Å²) in [7, 11) is 1.71. The standard InChI is InChI=1S/C18H19NOS/c1-14(15-9-5-4-6-10-15)13-19-17-12-8-7-11-16(17)18(20-2)21-3/h4-12,18H,1-3H3. The number of benzene rings is 2. The van der Waals surface area contributed by atoms with Gasteiger partial charge in [-0.05, 0) is 30.7 Å². The Hall–Kier alpha value is -1.80. The molecule has 0 saturated carbocycles. The van der Waals surface area contributed by atoms with Crippen molar-refractivity contribution in [2.24, 2.45) is 4.99 Å². The highest BCUT2D eigenvalue weighted by molar-refractivity contribution is 7.98. The summed E-state index contributed by atoms with van der Waals surface area (Å²) in [6.07, 6.45) is 2.03. The lowest BCUT2D eigenvalue weighted by Gasteiger charge is -2.14. The van der Waals surface area contributed by atoms with Gasteiger partial charge in [0.15, 0.2) is 0 Å². The van der Waals surface area contributed by atoms with Gasteiger partial charge in [-0.2, -0.15) is 0 Å². The Morgan fingerprint density at radius 1 is 1.10 bits per heavy atom. The summed E-state index contributed by atoms with van der Waals surface area (Å²) < 4.78 is 5.49. The molecule has 21 heavy (non-hydrogen) atoms. The van der Waals surface area contributed by atoms with E-state index in [4.69, 9.17) is 4.74 Å². The Morgan fingerprint density at radius 3 is 2.43 bits per heavy atom. The first kappa shape index (κ1) is 15.6. The van der Waals surface area contributed by atoms with E-state index in [0.717, 1.165) is 22.4 Å². The van der Waals surface area contributed by atoms with Crippen LogP contribution in [0.5, 0.6) is 0 Å². The molecule has 2 nitrogen and oxygen atoms in total. The molecule has 0 bridgehead atoms. The van der Waals surface area contributed by atoms with Crippen molar-refractivity contribution < 1.29 is 4.74 Å². The minimum absolute atomic E-state index is 0.0104. The van der Waals surface area contributed by atoms with Gasteiger partial charge >= 0.3 is 0 Å². The second-order valence-corrected chi connectivity index (χ2v) is 5.48. The van der Waals surface area contributed by atoms with Gasteiger partial charge in [-0.15, -0.1) is 11.8 Å². The second-order valence-electron chi connectivity index (χ2n) is 4.58. The Labute approximate surface area is 130 Å². The third-order valence-corrected chi connectivity index (χ3v) is 4.04. The topological polar surface area (TPSA) is 21.6 Å². The molecule has 3 heteroatoms. The molecule has 0 fully saturated rings. The van der Waals surface area contributed by atoms with E-state index < -0.39 is 0 Å². The number of rotatable bonds is 5. The van der Waals surface area contributed by atoms with Gasteiger partial charge in [-0.3, -0.25) is 0 Å². The highest BCUT2D eigenvalue weighted by Crippen LogP contribution is 2.33. The highest BCUT2D eigenvalue weighted by Gasteiger charge is 2.12. The average molecular weight is 297 g/mol. The van der Waals surface area contributed by atoms with E-state index in [1.54, 1.807) is 18.9 Å². The number of allylic oxidation sites excluding steroid dienone is 1. The third-order valence-electron chi connectivity index (χ3n) is 3.17. The van der Waals surface area contributed by atoms with Crippen LogP contribution in [0.25, 0.3) is 5.57 Å². The lowest BCUT2D eigenvalue weighted by atomic mass is 10.1. The molecule has 0 spiro atoms. The van der Waals surface area contributed by atoms with Crippen molar-refractivity contribution in [1.82, 2.24) is 0 Å². The van der Waals surface area contributed by atoms with Gasteiger partial charge in [0.2, 0.25) is 0 Å². The lowest BCUT2D eigenvalue weighted by molar-refractivity contribution is 0.176. The minimum Gasteiger partial charge on any atom is -0.366 e. The third kappa shape index (κ3) is 4.08. The molecule has 0 aliphatic rings. The van der Waals surface area contributed by atoms with E-state index >= 15 is 0 Å². The number of ether oxygens (including phenoxy) is 1. The van der Waals surface area contributed by atoms with Crippen molar-refractivity contribution in [3.05, 3.63) is 65.7 Å². The number of nitrogens with zero attached hydrogens (tertiary/aromatic N) is 1. The van der Waals surface area contributed by atoms with Gasteiger partial charge in [0.05, 0.1) is 5.69 Å². The second kappa shape index (κ2) is 7.84. The van der Waals surface area contributed by atoms with Gasteiger partial charge in [-0.1, -0.05) is 48.5 Å². The highest BCUT2D eigenvalue weighted by atomic mass is 32.2. The van der Waals surface area contributed by atoms with Crippen LogP contribution >= 0.6 is 11.8 Å². The molecule has 0 aromatic heterocycles. The number of hydrogen-bond donors (Lipinski definition) is 0. The zero-order valence-electron chi connectivity index (χ0n) is 12.5. The first-order valence-electron chi connectivity index (χ1n) is 6.76. The molecular weight excluding hydrogens is 278 g/mol. The van der Waals surface area contributed by atoms with Gasteiger partial charge in [0, 0.05) is 18.2 Å².